The fourth-order valence-electron chi connectivity index (χ4n) is 1.80. The summed E-state index contributed by atoms with van der Waals surface area (Å²) in [6.45, 7) is 5.53. The molecular weight excluding hydrogens is 241 g/mol. The molecule has 0 spiro atoms. The highest BCUT2D eigenvalue weighted by Gasteiger charge is 2.01. The molecule has 0 amide bonds. The summed E-state index contributed by atoms with van der Waals surface area (Å²) in [6, 6.07) is 5.15. The topological polar surface area (TPSA) is 36.4 Å². The van der Waals surface area contributed by atoms with Crippen molar-refractivity contribution in [2.75, 3.05) is 13.6 Å². The van der Waals surface area contributed by atoms with E-state index in [4.69, 9.17) is 0 Å². The Labute approximate surface area is 115 Å². The Hall–Kier alpha value is -1.58. The average molecular weight is 265 g/mol. The zero-order chi connectivity index (χ0) is 14.1. The van der Waals surface area contributed by atoms with E-state index in [1.807, 2.05) is 6.07 Å². The van der Waals surface area contributed by atoms with Gasteiger partial charge in [0.05, 0.1) is 0 Å². The maximum atomic E-state index is 13.1. The number of benzene rings is 1. The molecule has 0 aliphatic carbocycles. The molecule has 1 rings (SSSR count). The number of aryl methyl sites for hydroxylation is 1. The van der Waals surface area contributed by atoms with Crippen LogP contribution >= 0.6 is 0 Å². The largest absolute Gasteiger partial charge is 0.356 e. The molecule has 0 saturated carbocycles. The third-order valence-electron chi connectivity index (χ3n) is 2.98. The summed E-state index contributed by atoms with van der Waals surface area (Å²) < 4.78 is 13.1. The molecule has 0 aromatic heterocycles. The molecule has 0 unspecified atom stereocenters. The van der Waals surface area contributed by atoms with Crippen molar-refractivity contribution >= 4 is 5.96 Å². The molecule has 4 heteroatoms. The number of rotatable bonds is 6. The minimum absolute atomic E-state index is 0.161. The second-order valence-corrected chi connectivity index (χ2v) is 4.64. The Kier molecular flexibility index (Phi) is 6.93. The van der Waals surface area contributed by atoms with E-state index in [0.29, 0.717) is 12.1 Å². The van der Waals surface area contributed by atoms with Crippen molar-refractivity contribution in [1.29, 1.82) is 0 Å². The molecular formula is C15H24FN3. The van der Waals surface area contributed by atoms with Gasteiger partial charge in [-0.25, -0.2) is 4.39 Å². The Morgan fingerprint density at radius 1 is 1.26 bits per heavy atom. The standard InChI is InChI=1S/C15H24FN3/c1-4-5-6-9-18-15(17-3)19-11-13-7-8-14(16)12(2)10-13/h7-8,10H,4-6,9,11H2,1-3H3,(H2,17,18,19). The van der Waals surface area contributed by atoms with Gasteiger partial charge in [0.15, 0.2) is 5.96 Å². The van der Waals surface area contributed by atoms with Gasteiger partial charge in [0.1, 0.15) is 5.82 Å². The third-order valence-corrected chi connectivity index (χ3v) is 2.98. The van der Waals surface area contributed by atoms with Gasteiger partial charge in [0.25, 0.3) is 0 Å². The van der Waals surface area contributed by atoms with E-state index in [9.17, 15) is 4.39 Å². The van der Waals surface area contributed by atoms with Gasteiger partial charge >= 0.3 is 0 Å². The lowest BCUT2D eigenvalue weighted by molar-refractivity contribution is 0.617. The van der Waals surface area contributed by atoms with E-state index in [1.54, 1.807) is 20.0 Å². The van der Waals surface area contributed by atoms with Crippen LogP contribution in [-0.4, -0.2) is 19.6 Å². The molecule has 1 aromatic carbocycles. The van der Waals surface area contributed by atoms with Crippen LogP contribution in [0.15, 0.2) is 23.2 Å². The lowest BCUT2D eigenvalue weighted by atomic mass is 10.1. The molecule has 0 heterocycles. The molecule has 106 valence electrons. The Morgan fingerprint density at radius 3 is 2.68 bits per heavy atom. The zero-order valence-electron chi connectivity index (χ0n) is 12.1. The maximum Gasteiger partial charge on any atom is 0.191 e. The molecule has 3 nitrogen and oxygen atoms in total. The Morgan fingerprint density at radius 2 is 2.05 bits per heavy atom. The lowest BCUT2D eigenvalue weighted by Gasteiger charge is -2.12. The molecule has 1 aromatic rings. The molecule has 0 aliphatic rings. The van der Waals surface area contributed by atoms with Gasteiger partial charge in [-0.3, -0.25) is 4.99 Å². The predicted molar refractivity (Wildman–Crippen MR) is 78.9 cm³/mol. The van der Waals surface area contributed by atoms with E-state index >= 15 is 0 Å². The maximum absolute atomic E-state index is 13.1. The number of guanidine groups is 1. The second kappa shape index (κ2) is 8.51. The molecule has 0 radical (unpaired) electrons. The van der Waals surface area contributed by atoms with E-state index < -0.39 is 0 Å². The number of unbranched alkanes of at least 4 members (excludes halogenated alkanes) is 2. The molecule has 2 N–H and O–H groups in total. The quantitative estimate of drug-likeness (QED) is 0.471. The highest BCUT2D eigenvalue weighted by atomic mass is 19.1. The number of hydrogen-bond donors (Lipinski definition) is 2. The van der Waals surface area contributed by atoms with Crippen LogP contribution in [0.5, 0.6) is 0 Å². The molecule has 0 atom stereocenters. The molecule has 0 bridgehead atoms. The van der Waals surface area contributed by atoms with Crippen molar-refractivity contribution in [3.63, 3.8) is 0 Å². The second-order valence-electron chi connectivity index (χ2n) is 4.64. The van der Waals surface area contributed by atoms with Crippen molar-refractivity contribution < 1.29 is 4.39 Å². The van der Waals surface area contributed by atoms with Crippen molar-refractivity contribution in [1.82, 2.24) is 10.6 Å². The van der Waals surface area contributed by atoms with Gasteiger partial charge in [0.2, 0.25) is 0 Å². The number of nitrogens with zero attached hydrogens (tertiary/aromatic N) is 1. The number of aliphatic imine (C=N–C) groups is 1. The normalized spacial score (nSPS) is 11.5. The van der Waals surface area contributed by atoms with Gasteiger partial charge in [-0.15, -0.1) is 0 Å². The van der Waals surface area contributed by atoms with Crippen LogP contribution in [0, 0.1) is 12.7 Å². The number of hydrogen-bond acceptors (Lipinski definition) is 1. The first kappa shape index (κ1) is 15.5. The van der Waals surface area contributed by atoms with Crippen LogP contribution < -0.4 is 10.6 Å². The van der Waals surface area contributed by atoms with Gasteiger partial charge in [0, 0.05) is 20.1 Å². The van der Waals surface area contributed by atoms with Crippen LogP contribution in [0.2, 0.25) is 0 Å². The van der Waals surface area contributed by atoms with E-state index in [0.717, 1.165) is 24.5 Å². The SMILES string of the molecule is CCCCCNC(=NC)NCc1ccc(F)c(C)c1. The molecule has 0 aliphatic heterocycles. The first-order valence-corrected chi connectivity index (χ1v) is 6.87. The number of halogens is 1. The van der Waals surface area contributed by atoms with E-state index in [1.165, 1.54) is 18.9 Å². The first-order valence-electron chi connectivity index (χ1n) is 6.87. The van der Waals surface area contributed by atoms with Crippen LogP contribution in [0.4, 0.5) is 4.39 Å². The highest BCUT2D eigenvalue weighted by molar-refractivity contribution is 5.79. The molecule has 0 saturated heterocycles. The summed E-state index contributed by atoms with van der Waals surface area (Å²) in [5.41, 5.74) is 1.72. The monoisotopic (exact) mass is 265 g/mol. The summed E-state index contributed by atoms with van der Waals surface area (Å²) in [5, 5.41) is 6.49. The fourth-order valence-corrected chi connectivity index (χ4v) is 1.80. The minimum atomic E-state index is -0.161. The highest BCUT2D eigenvalue weighted by Crippen LogP contribution is 2.08. The molecule has 19 heavy (non-hydrogen) atoms. The van der Waals surface area contributed by atoms with Crippen LogP contribution in [-0.2, 0) is 6.54 Å². The van der Waals surface area contributed by atoms with Crippen molar-refractivity contribution in [3.8, 4) is 0 Å². The first-order chi connectivity index (χ1) is 9.17. The predicted octanol–water partition coefficient (Wildman–Crippen LogP) is 2.99. The van der Waals surface area contributed by atoms with Crippen molar-refractivity contribution in [2.45, 2.75) is 39.7 Å². The lowest BCUT2D eigenvalue weighted by Crippen LogP contribution is -2.37. The van der Waals surface area contributed by atoms with Gasteiger partial charge in [-0.05, 0) is 30.5 Å². The number of nitrogens with one attached hydrogen (secondary N) is 2. The average Bonchev–Trinajstić information content (AvgIpc) is 2.42. The minimum Gasteiger partial charge on any atom is -0.356 e. The zero-order valence-corrected chi connectivity index (χ0v) is 12.1. The van der Waals surface area contributed by atoms with Crippen LogP contribution in [0.25, 0.3) is 0 Å². The molecule has 0 fully saturated rings. The van der Waals surface area contributed by atoms with Gasteiger partial charge in [-0.2, -0.15) is 0 Å². The van der Waals surface area contributed by atoms with Crippen LogP contribution in [0.3, 0.4) is 0 Å². The van der Waals surface area contributed by atoms with Crippen molar-refractivity contribution in [2.24, 2.45) is 4.99 Å². The Balaban J connectivity index is 2.38. The van der Waals surface area contributed by atoms with E-state index in [2.05, 4.69) is 22.5 Å². The van der Waals surface area contributed by atoms with Gasteiger partial charge in [-0.1, -0.05) is 31.9 Å². The smallest absolute Gasteiger partial charge is 0.191 e. The summed E-state index contributed by atoms with van der Waals surface area (Å²) >= 11 is 0. The van der Waals surface area contributed by atoms with E-state index in [-0.39, 0.29) is 5.82 Å². The third kappa shape index (κ3) is 5.73. The Bertz CT molecular complexity index is 416. The summed E-state index contributed by atoms with van der Waals surface area (Å²) in [7, 11) is 1.76. The van der Waals surface area contributed by atoms with Crippen molar-refractivity contribution in [3.05, 3.63) is 35.1 Å². The fraction of sp³-hybridized carbons (Fsp3) is 0.533. The van der Waals surface area contributed by atoms with Gasteiger partial charge < -0.3 is 10.6 Å². The van der Waals surface area contributed by atoms with Crippen LogP contribution in [0.1, 0.15) is 37.3 Å². The summed E-state index contributed by atoms with van der Waals surface area (Å²) in [6.07, 6.45) is 3.58. The summed E-state index contributed by atoms with van der Waals surface area (Å²) in [4.78, 5) is 4.16. The summed E-state index contributed by atoms with van der Waals surface area (Å²) in [5.74, 6) is 0.629.